The Morgan fingerprint density at radius 3 is 2.45 bits per heavy atom. The van der Waals surface area contributed by atoms with Crippen molar-refractivity contribution >= 4 is 29.0 Å². The van der Waals surface area contributed by atoms with E-state index in [1.807, 2.05) is 30.3 Å². The van der Waals surface area contributed by atoms with Gasteiger partial charge in [0.1, 0.15) is 23.0 Å². The minimum absolute atomic E-state index is 0.133. The van der Waals surface area contributed by atoms with Crippen LogP contribution in [0.1, 0.15) is 10.5 Å². The molecule has 4 aromatic rings. The molecule has 0 fully saturated rings. The lowest BCUT2D eigenvalue weighted by atomic mass is 10.1. The van der Waals surface area contributed by atoms with Crippen molar-refractivity contribution in [1.82, 2.24) is 15.0 Å². The molecule has 9 heteroatoms. The van der Waals surface area contributed by atoms with E-state index in [1.165, 1.54) is 12.3 Å². The summed E-state index contributed by atoms with van der Waals surface area (Å²) in [6.07, 6.45) is 1.46. The van der Waals surface area contributed by atoms with Crippen molar-refractivity contribution in [3.8, 4) is 22.8 Å². The third kappa shape index (κ3) is 4.85. The third-order valence-corrected chi connectivity index (χ3v) is 4.27. The fourth-order valence-electron chi connectivity index (χ4n) is 2.88. The van der Waals surface area contributed by atoms with E-state index in [2.05, 4.69) is 20.3 Å². The Kier molecular flexibility index (Phi) is 5.31. The summed E-state index contributed by atoms with van der Waals surface area (Å²) in [4.78, 5) is 23.7. The Labute approximate surface area is 177 Å². The van der Waals surface area contributed by atoms with Crippen LogP contribution in [0.2, 0.25) is 0 Å². The molecule has 0 unspecified atom stereocenters. The van der Waals surface area contributed by atoms with E-state index >= 15 is 0 Å². The highest BCUT2D eigenvalue weighted by Crippen LogP contribution is 2.27. The monoisotopic (exact) mass is 413 g/mol. The number of hydrogen-bond acceptors (Lipinski definition) is 8. The van der Waals surface area contributed by atoms with E-state index in [-0.39, 0.29) is 11.6 Å². The molecule has 2 heterocycles. The van der Waals surface area contributed by atoms with Crippen molar-refractivity contribution in [3.63, 3.8) is 0 Å². The number of pyridine rings is 1. The zero-order chi connectivity index (χ0) is 21.8. The van der Waals surface area contributed by atoms with Crippen LogP contribution >= 0.6 is 0 Å². The topological polar surface area (TPSA) is 155 Å². The predicted molar refractivity (Wildman–Crippen MR) is 119 cm³/mol. The average Bonchev–Trinajstić information content (AvgIpc) is 2.75. The molecule has 2 aromatic carbocycles. The van der Waals surface area contributed by atoms with Crippen molar-refractivity contribution in [1.29, 1.82) is 0 Å². The summed E-state index contributed by atoms with van der Waals surface area (Å²) in [7, 11) is 0. The number of primary amides is 1. The first-order valence-electron chi connectivity index (χ1n) is 9.27. The average molecular weight is 413 g/mol. The van der Waals surface area contributed by atoms with Crippen LogP contribution in [0.15, 0.2) is 72.9 Å². The molecule has 0 spiro atoms. The maximum absolute atomic E-state index is 11.2. The second-order valence-electron chi connectivity index (χ2n) is 6.61. The van der Waals surface area contributed by atoms with Crippen molar-refractivity contribution in [2.45, 2.75) is 0 Å². The van der Waals surface area contributed by atoms with Gasteiger partial charge in [0.05, 0.1) is 5.69 Å². The zero-order valence-corrected chi connectivity index (χ0v) is 16.3. The van der Waals surface area contributed by atoms with Gasteiger partial charge in [-0.3, -0.25) is 9.78 Å². The van der Waals surface area contributed by atoms with E-state index in [4.69, 9.17) is 21.9 Å². The Morgan fingerprint density at radius 1 is 0.903 bits per heavy atom. The molecule has 0 aliphatic heterocycles. The van der Waals surface area contributed by atoms with Crippen LogP contribution < -0.4 is 27.3 Å². The highest BCUT2D eigenvalue weighted by molar-refractivity contribution is 5.91. The number of nitrogens with one attached hydrogen (secondary N) is 1. The Balaban J connectivity index is 1.50. The Bertz CT molecular complexity index is 1240. The lowest BCUT2D eigenvalue weighted by molar-refractivity contribution is 0.0995. The molecule has 0 aliphatic carbocycles. The first kappa shape index (κ1) is 19.6. The third-order valence-electron chi connectivity index (χ3n) is 4.27. The highest BCUT2D eigenvalue weighted by atomic mass is 16.5. The zero-order valence-electron chi connectivity index (χ0n) is 16.3. The van der Waals surface area contributed by atoms with Crippen LogP contribution in [-0.4, -0.2) is 20.9 Å². The molecule has 2 aromatic heterocycles. The SMILES string of the molecule is NC(=O)c1cc(Oc2ccc(Nc3cc(-c4cccc(N)c4)nc(N)n3)cc2)ccn1. The predicted octanol–water partition coefficient (Wildman–Crippen LogP) is 3.34. The Hall–Kier alpha value is -4.66. The summed E-state index contributed by atoms with van der Waals surface area (Å²) in [6, 6.07) is 19.5. The number of benzene rings is 2. The molecule has 0 saturated carbocycles. The van der Waals surface area contributed by atoms with Crippen LogP contribution in [0.25, 0.3) is 11.3 Å². The summed E-state index contributed by atoms with van der Waals surface area (Å²) in [5.41, 5.74) is 20.0. The van der Waals surface area contributed by atoms with Crippen molar-refractivity contribution in [2.75, 3.05) is 16.8 Å². The largest absolute Gasteiger partial charge is 0.457 e. The van der Waals surface area contributed by atoms with E-state index in [1.54, 1.807) is 30.3 Å². The quantitative estimate of drug-likeness (QED) is 0.351. The molecule has 7 N–H and O–H groups in total. The van der Waals surface area contributed by atoms with Gasteiger partial charge in [-0.1, -0.05) is 12.1 Å². The summed E-state index contributed by atoms with van der Waals surface area (Å²) < 4.78 is 5.75. The van der Waals surface area contributed by atoms with Crippen LogP contribution in [-0.2, 0) is 0 Å². The molecule has 9 nitrogen and oxygen atoms in total. The number of nitrogens with two attached hydrogens (primary N) is 3. The van der Waals surface area contributed by atoms with Gasteiger partial charge in [0.25, 0.3) is 5.91 Å². The van der Waals surface area contributed by atoms with Gasteiger partial charge in [0.15, 0.2) is 0 Å². The summed E-state index contributed by atoms with van der Waals surface area (Å²) in [6.45, 7) is 0. The molecule has 154 valence electrons. The molecule has 0 radical (unpaired) electrons. The fraction of sp³-hybridized carbons (Fsp3) is 0. The molecule has 4 rings (SSSR count). The summed E-state index contributed by atoms with van der Waals surface area (Å²) in [5.74, 6) is 1.10. The number of ether oxygens (including phenoxy) is 1. The van der Waals surface area contributed by atoms with Gasteiger partial charge in [-0.25, -0.2) is 4.98 Å². The number of amides is 1. The van der Waals surface area contributed by atoms with Gasteiger partial charge in [-0.2, -0.15) is 4.98 Å². The van der Waals surface area contributed by atoms with Gasteiger partial charge < -0.3 is 27.3 Å². The lowest BCUT2D eigenvalue weighted by Crippen LogP contribution is -2.12. The van der Waals surface area contributed by atoms with Gasteiger partial charge in [0.2, 0.25) is 5.95 Å². The maximum atomic E-state index is 11.2. The van der Waals surface area contributed by atoms with E-state index in [0.717, 1.165) is 11.3 Å². The number of nitrogen functional groups attached to an aromatic ring is 2. The van der Waals surface area contributed by atoms with Gasteiger partial charge in [-0.15, -0.1) is 0 Å². The molecular formula is C22H19N7O2. The van der Waals surface area contributed by atoms with Gasteiger partial charge in [0, 0.05) is 35.3 Å². The lowest BCUT2D eigenvalue weighted by Gasteiger charge is -2.10. The van der Waals surface area contributed by atoms with Gasteiger partial charge >= 0.3 is 0 Å². The smallest absolute Gasteiger partial charge is 0.267 e. The van der Waals surface area contributed by atoms with Crippen LogP contribution in [0.3, 0.4) is 0 Å². The summed E-state index contributed by atoms with van der Waals surface area (Å²) in [5, 5.41) is 3.20. The molecular weight excluding hydrogens is 394 g/mol. The number of rotatable bonds is 6. The second kappa shape index (κ2) is 8.37. The normalized spacial score (nSPS) is 10.5. The number of carbonyl (C=O) groups is 1. The Morgan fingerprint density at radius 2 is 1.71 bits per heavy atom. The van der Waals surface area contributed by atoms with Crippen LogP contribution in [0, 0.1) is 0 Å². The molecule has 0 aliphatic rings. The molecule has 1 amide bonds. The maximum Gasteiger partial charge on any atom is 0.267 e. The van der Waals surface area contributed by atoms with E-state index < -0.39 is 5.91 Å². The fourth-order valence-corrected chi connectivity index (χ4v) is 2.88. The van der Waals surface area contributed by atoms with Crippen molar-refractivity contribution < 1.29 is 9.53 Å². The first-order valence-corrected chi connectivity index (χ1v) is 9.27. The van der Waals surface area contributed by atoms with Crippen LogP contribution in [0.5, 0.6) is 11.5 Å². The summed E-state index contributed by atoms with van der Waals surface area (Å²) >= 11 is 0. The molecule has 0 bridgehead atoms. The molecule has 0 saturated heterocycles. The number of aromatic nitrogens is 3. The second-order valence-corrected chi connectivity index (χ2v) is 6.61. The first-order chi connectivity index (χ1) is 15.0. The number of nitrogens with zero attached hydrogens (tertiary/aromatic N) is 3. The molecule has 0 atom stereocenters. The van der Waals surface area contributed by atoms with Crippen molar-refractivity contribution in [3.05, 3.63) is 78.6 Å². The minimum atomic E-state index is -0.619. The van der Waals surface area contributed by atoms with E-state index in [0.29, 0.717) is 28.7 Å². The van der Waals surface area contributed by atoms with Crippen LogP contribution in [0.4, 0.5) is 23.1 Å². The van der Waals surface area contributed by atoms with Gasteiger partial charge in [-0.05, 0) is 42.5 Å². The number of anilines is 4. The standard InChI is InChI=1S/C22H19N7O2/c23-14-3-1-2-13(10-14)18-12-20(29-22(25)28-18)27-15-4-6-16(7-5-15)31-17-8-9-26-19(11-17)21(24)30/h1-12H,23H2,(H2,24,30)(H3,25,27,28,29). The highest BCUT2D eigenvalue weighted by Gasteiger charge is 2.07. The van der Waals surface area contributed by atoms with Crippen molar-refractivity contribution in [2.24, 2.45) is 5.73 Å². The minimum Gasteiger partial charge on any atom is -0.457 e. The number of hydrogen-bond donors (Lipinski definition) is 4. The van der Waals surface area contributed by atoms with E-state index in [9.17, 15) is 4.79 Å². The number of carbonyl (C=O) groups excluding carboxylic acids is 1. The molecule has 31 heavy (non-hydrogen) atoms.